The zero-order valence-corrected chi connectivity index (χ0v) is 12.0. The number of carbonyl (C=O) groups is 1. The van der Waals surface area contributed by atoms with E-state index >= 15 is 0 Å². The molecule has 2 aromatic rings. The molecule has 1 aromatic heterocycles. The van der Waals surface area contributed by atoms with Gasteiger partial charge in [0.15, 0.2) is 0 Å². The summed E-state index contributed by atoms with van der Waals surface area (Å²) in [5, 5.41) is 17.8. The second-order valence-corrected chi connectivity index (χ2v) is 6.94. The molecule has 0 aliphatic rings. The van der Waals surface area contributed by atoms with E-state index in [1.54, 1.807) is 0 Å². The molecule has 2 rings (SSSR count). The maximum Gasteiger partial charge on any atom is 0.337 e. The smallest absolute Gasteiger partial charge is 0.337 e. The second kappa shape index (κ2) is 5.43. The van der Waals surface area contributed by atoms with Gasteiger partial charge in [-0.25, -0.2) is 13.2 Å². The van der Waals surface area contributed by atoms with Crippen LogP contribution in [-0.2, 0) is 10.0 Å². The quantitative estimate of drug-likeness (QED) is 0.733. The lowest BCUT2D eigenvalue weighted by atomic mass is 10.1. The van der Waals surface area contributed by atoms with E-state index in [9.17, 15) is 13.2 Å². The summed E-state index contributed by atoms with van der Waals surface area (Å²) in [4.78, 5) is 11.3. The Hall–Kier alpha value is -2.57. The summed E-state index contributed by atoms with van der Waals surface area (Å²) in [5.41, 5.74) is 5.42. The fourth-order valence-electron chi connectivity index (χ4n) is 1.55. The summed E-state index contributed by atoms with van der Waals surface area (Å²) < 4.78 is 26.4. The van der Waals surface area contributed by atoms with E-state index < -0.39 is 16.0 Å². The molecule has 0 bridgehead atoms. The lowest BCUT2D eigenvalue weighted by Crippen LogP contribution is -2.14. The molecule has 108 valence electrons. The third-order valence-corrected chi connectivity index (χ3v) is 5.32. The third kappa shape index (κ3) is 3.13. The highest BCUT2D eigenvalue weighted by Gasteiger charge is 2.20. The van der Waals surface area contributed by atoms with Crippen LogP contribution in [0.5, 0.6) is 0 Å². The summed E-state index contributed by atoms with van der Waals surface area (Å²) in [5.74, 6) is -1.28. The van der Waals surface area contributed by atoms with Gasteiger partial charge in [0.05, 0.1) is 11.3 Å². The van der Waals surface area contributed by atoms with E-state index in [2.05, 4.69) is 4.72 Å². The SMILES string of the molecule is N#Cc1ccc(S(=O)(=O)Nc2cc(N)ccc2C(=O)O)s1. The number of thiophene rings is 1. The fraction of sp³-hybridized carbons (Fsp3) is 0. The monoisotopic (exact) mass is 323 g/mol. The number of nitrogens with one attached hydrogen (secondary N) is 1. The molecule has 0 saturated heterocycles. The summed E-state index contributed by atoms with van der Waals surface area (Å²) in [6.07, 6.45) is 0. The number of aromatic carboxylic acids is 1. The van der Waals surface area contributed by atoms with Crippen LogP contribution in [0, 0.1) is 11.3 Å². The van der Waals surface area contributed by atoms with Gasteiger partial charge >= 0.3 is 5.97 Å². The largest absolute Gasteiger partial charge is 0.478 e. The topological polar surface area (TPSA) is 133 Å². The number of nitrogen functional groups attached to an aromatic ring is 1. The van der Waals surface area contributed by atoms with E-state index in [1.807, 2.05) is 6.07 Å². The number of nitriles is 1. The fourth-order valence-corrected chi connectivity index (χ4v) is 3.73. The summed E-state index contributed by atoms with van der Waals surface area (Å²) in [6, 6.07) is 8.28. The molecule has 0 aliphatic heterocycles. The number of nitrogens with zero attached hydrogens (tertiary/aromatic N) is 1. The van der Waals surface area contributed by atoms with Gasteiger partial charge in [0.1, 0.15) is 15.2 Å². The first-order valence-corrected chi connectivity index (χ1v) is 7.79. The number of hydrogen-bond donors (Lipinski definition) is 3. The number of rotatable bonds is 4. The van der Waals surface area contributed by atoms with E-state index in [-0.39, 0.29) is 26.0 Å². The molecule has 0 saturated carbocycles. The van der Waals surface area contributed by atoms with Gasteiger partial charge in [0.2, 0.25) is 0 Å². The molecule has 0 atom stereocenters. The Bertz CT molecular complexity index is 850. The van der Waals surface area contributed by atoms with Gasteiger partial charge in [0.25, 0.3) is 10.0 Å². The molecule has 21 heavy (non-hydrogen) atoms. The van der Waals surface area contributed by atoms with Crippen molar-refractivity contribution in [1.29, 1.82) is 5.26 Å². The lowest BCUT2D eigenvalue weighted by Gasteiger charge is -2.10. The second-order valence-electron chi connectivity index (χ2n) is 3.95. The molecule has 0 radical (unpaired) electrons. The molecular formula is C12H9N3O4S2. The van der Waals surface area contributed by atoms with Crippen LogP contribution in [-0.4, -0.2) is 19.5 Å². The first kappa shape index (κ1) is 14.8. The van der Waals surface area contributed by atoms with Crippen LogP contribution >= 0.6 is 11.3 Å². The number of nitrogens with two attached hydrogens (primary N) is 1. The average molecular weight is 323 g/mol. The Labute approximate surface area is 124 Å². The van der Waals surface area contributed by atoms with Gasteiger partial charge in [-0.15, -0.1) is 11.3 Å². The first-order valence-electron chi connectivity index (χ1n) is 5.49. The molecule has 7 nitrogen and oxygen atoms in total. The van der Waals surface area contributed by atoms with Crippen molar-refractivity contribution < 1.29 is 18.3 Å². The molecule has 0 spiro atoms. The number of anilines is 2. The van der Waals surface area contributed by atoms with Crippen LogP contribution in [0.2, 0.25) is 0 Å². The minimum Gasteiger partial charge on any atom is -0.478 e. The molecule has 0 fully saturated rings. The molecule has 0 amide bonds. The predicted octanol–water partition coefficient (Wildman–Crippen LogP) is 1.70. The van der Waals surface area contributed by atoms with Gasteiger partial charge in [-0.3, -0.25) is 4.72 Å². The van der Waals surface area contributed by atoms with Crippen molar-refractivity contribution in [1.82, 2.24) is 0 Å². The van der Waals surface area contributed by atoms with Crippen LogP contribution in [0.25, 0.3) is 0 Å². The highest BCUT2D eigenvalue weighted by Crippen LogP contribution is 2.26. The number of hydrogen-bond acceptors (Lipinski definition) is 6. The zero-order valence-electron chi connectivity index (χ0n) is 10.4. The lowest BCUT2D eigenvalue weighted by molar-refractivity contribution is 0.0698. The maximum absolute atomic E-state index is 12.2. The summed E-state index contributed by atoms with van der Waals surface area (Å²) in [7, 11) is -3.98. The zero-order chi connectivity index (χ0) is 15.6. The number of carboxylic acid groups (broad SMARTS) is 1. The average Bonchev–Trinajstić information content (AvgIpc) is 2.87. The molecule has 1 heterocycles. The molecule has 9 heteroatoms. The Morgan fingerprint density at radius 3 is 2.62 bits per heavy atom. The van der Waals surface area contributed by atoms with Crippen LogP contribution < -0.4 is 10.5 Å². The Kier molecular flexibility index (Phi) is 3.84. The summed E-state index contributed by atoms with van der Waals surface area (Å²) >= 11 is 0.787. The van der Waals surface area contributed by atoms with Gasteiger partial charge < -0.3 is 10.8 Å². The number of carboxylic acids is 1. The van der Waals surface area contributed by atoms with Crippen LogP contribution in [0.3, 0.4) is 0 Å². The van der Waals surface area contributed by atoms with Crippen molar-refractivity contribution in [3.8, 4) is 6.07 Å². The highest BCUT2D eigenvalue weighted by molar-refractivity contribution is 7.94. The van der Waals surface area contributed by atoms with E-state index in [1.165, 1.54) is 30.3 Å². The van der Waals surface area contributed by atoms with Gasteiger partial charge in [-0.1, -0.05) is 0 Å². The van der Waals surface area contributed by atoms with Crippen LogP contribution in [0.15, 0.2) is 34.5 Å². The van der Waals surface area contributed by atoms with Crippen molar-refractivity contribution in [2.45, 2.75) is 4.21 Å². The number of benzene rings is 1. The summed E-state index contributed by atoms with van der Waals surface area (Å²) in [6.45, 7) is 0. The molecule has 1 aromatic carbocycles. The van der Waals surface area contributed by atoms with Crippen molar-refractivity contribution in [2.75, 3.05) is 10.5 Å². The maximum atomic E-state index is 12.2. The van der Waals surface area contributed by atoms with E-state index in [4.69, 9.17) is 16.1 Å². The van der Waals surface area contributed by atoms with E-state index in [0.29, 0.717) is 0 Å². The normalized spacial score (nSPS) is 10.8. The molecular weight excluding hydrogens is 314 g/mol. The highest BCUT2D eigenvalue weighted by atomic mass is 32.2. The van der Waals surface area contributed by atoms with Crippen molar-refractivity contribution in [3.63, 3.8) is 0 Å². The van der Waals surface area contributed by atoms with Gasteiger partial charge in [-0.2, -0.15) is 5.26 Å². The predicted molar refractivity (Wildman–Crippen MR) is 77.7 cm³/mol. The Balaban J connectivity index is 2.43. The minimum absolute atomic E-state index is 0.0854. The van der Waals surface area contributed by atoms with Crippen molar-refractivity contribution in [2.24, 2.45) is 0 Å². The molecule has 0 unspecified atom stereocenters. The standard InChI is InChI=1S/C12H9N3O4S2/c13-6-8-2-4-11(20-8)21(18,19)15-10-5-7(14)1-3-9(10)12(16)17/h1-5,15H,14H2,(H,16,17). The minimum atomic E-state index is -3.98. The van der Waals surface area contributed by atoms with E-state index in [0.717, 1.165) is 11.3 Å². The van der Waals surface area contributed by atoms with Crippen LogP contribution in [0.1, 0.15) is 15.2 Å². The van der Waals surface area contributed by atoms with Gasteiger partial charge in [0, 0.05) is 5.69 Å². The van der Waals surface area contributed by atoms with Crippen LogP contribution in [0.4, 0.5) is 11.4 Å². The van der Waals surface area contributed by atoms with Gasteiger partial charge in [-0.05, 0) is 30.3 Å². The Morgan fingerprint density at radius 2 is 2.05 bits per heavy atom. The van der Waals surface area contributed by atoms with Crippen molar-refractivity contribution >= 4 is 38.7 Å². The van der Waals surface area contributed by atoms with Crippen molar-refractivity contribution in [3.05, 3.63) is 40.8 Å². The number of sulfonamides is 1. The Morgan fingerprint density at radius 1 is 1.33 bits per heavy atom. The molecule has 4 N–H and O–H groups in total. The third-order valence-electron chi connectivity index (χ3n) is 2.47. The first-order chi connectivity index (χ1) is 9.83. The molecule has 0 aliphatic carbocycles.